The molecule has 2 N–H and O–H groups in total. The summed E-state index contributed by atoms with van der Waals surface area (Å²) in [5.41, 5.74) is 0. The third-order valence-corrected chi connectivity index (χ3v) is 3.24. The van der Waals surface area contributed by atoms with E-state index in [9.17, 15) is 0 Å². The number of nitrogens with one attached hydrogen (secondary N) is 2. The molecule has 0 radical (unpaired) electrons. The highest BCUT2D eigenvalue weighted by Crippen LogP contribution is 2.02. The molecule has 4 heteroatoms. The van der Waals surface area contributed by atoms with Gasteiger partial charge in [0.05, 0.1) is 0 Å². The van der Waals surface area contributed by atoms with Gasteiger partial charge < -0.3 is 15.4 Å². The van der Waals surface area contributed by atoms with Gasteiger partial charge in [0.2, 0.25) is 0 Å². The van der Waals surface area contributed by atoms with Gasteiger partial charge in [0, 0.05) is 32.8 Å². The molecular formula is C16H35N3O. The highest BCUT2D eigenvalue weighted by Gasteiger charge is 2.04. The lowest BCUT2D eigenvalue weighted by molar-refractivity contribution is 0.192. The zero-order valence-electron chi connectivity index (χ0n) is 14.0. The zero-order valence-corrected chi connectivity index (χ0v) is 14.0. The van der Waals surface area contributed by atoms with Crippen molar-refractivity contribution in [2.24, 2.45) is 4.99 Å². The van der Waals surface area contributed by atoms with Crippen molar-refractivity contribution in [3.63, 3.8) is 0 Å². The molecule has 0 heterocycles. The topological polar surface area (TPSA) is 45.7 Å². The van der Waals surface area contributed by atoms with E-state index in [1.165, 1.54) is 32.1 Å². The third-order valence-electron chi connectivity index (χ3n) is 3.24. The minimum absolute atomic E-state index is 0.493. The van der Waals surface area contributed by atoms with Crippen molar-refractivity contribution in [3.8, 4) is 0 Å². The largest absolute Gasteiger partial charge is 0.385 e. The van der Waals surface area contributed by atoms with E-state index in [1.54, 1.807) is 7.11 Å². The number of guanidine groups is 1. The van der Waals surface area contributed by atoms with Crippen LogP contribution < -0.4 is 10.6 Å². The summed E-state index contributed by atoms with van der Waals surface area (Å²) in [7, 11) is 1.76. The molecule has 4 nitrogen and oxygen atoms in total. The summed E-state index contributed by atoms with van der Waals surface area (Å²) in [5.74, 6) is 0.961. The smallest absolute Gasteiger partial charge is 0.191 e. The molecule has 0 aliphatic rings. The van der Waals surface area contributed by atoms with Crippen molar-refractivity contribution in [1.82, 2.24) is 10.6 Å². The summed E-state index contributed by atoms with van der Waals surface area (Å²) in [6.07, 6.45) is 8.55. The SMILES string of the molecule is CCCCCC(C)NC(=NCCCCCOC)NCC. The molecule has 0 aromatic carbocycles. The molecule has 120 valence electrons. The predicted octanol–water partition coefficient (Wildman–Crippen LogP) is 3.33. The van der Waals surface area contributed by atoms with Gasteiger partial charge in [-0.2, -0.15) is 0 Å². The normalized spacial score (nSPS) is 13.3. The first-order chi connectivity index (χ1) is 9.74. The average molecular weight is 285 g/mol. The van der Waals surface area contributed by atoms with Crippen molar-refractivity contribution in [2.75, 3.05) is 26.8 Å². The maximum Gasteiger partial charge on any atom is 0.191 e. The van der Waals surface area contributed by atoms with Crippen LogP contribution in [0, 0.1) is 0 Å². The number of nitrogens with zero attached hydrogens (tertiary/aromatic N) is 1. The second-order valence-corrected chi connectivity index (χ2v) is 5.36. The number of rotatable bonds is 12. The molecule has 0 fully saturated rings. The van der Waals surface area contributed by atoms with E-state index in [1.807, 2.05) is 0 Å². The van der Waals surface area contributed by atoms with Crippen LogP contribution in [-0.2, 0) is 4.74 Å². The molecule has 0 amide bonds. The van der Waals surface area contributed by atoms with Crippen LogP contribution in [-0.4, -0.2) is 38.8 Å². The first-order valence-electron chi connectivity index (χ1n) is 8.28. The summed E-state index contributed by atoms with van der Waals surface area (Å²) in [5, 5.41) is 6.81. The Morgan fingerprint density at radius 1 is 1.10 bits per heavy atom. The van der Waals surface area contributed by atoms with E-state index in [0.29, 0.717) is 6.04 Å². The van der Waals surface area contributed by atoms with Gasteiger partial charge in [0.15, 0.2) is 5.96 Å². The Bertz CT molecular complexity index is 232. The number of hydrogen-bond acceptors (Lipinski definition) is 2. The van der Waals surface area contributed by atoms with Gasteiger partial charge in [0.1, 0.15) is 0 Å². The first kappa shape index (κ1) is 19.2. The molecule has 0 rings (SSSR count). The third kappa shape index (κ3) is 12.3. The highest BCUT2D eigenvalue weighted by molar-refractivity contribution is 5.79. The Balaban J connectivity index is 3.87. The van der Waals surface area contributed by atoms with Crippen LogP contribution in [0.4, 0.5) is 0 Å². The molecule has 0 aromatic heterocycles. The van der Waals surface area contributed by atoms with Crippen LogP contribution in [0.5, 0.6) is 0 Å². The van der Waals surface area contributed by atoms with E-state index >= 15 is 0 Å². The molecule has 0 aromatic rings. The number of methoxy groups -OCH3 is 1. The predicted molar refractivity (Wildman–Crippen MR) is 88.4 cm³/mol. The van der Waals surface area contributed by atoms with Gasteiger partial charge in [-0.15, -0.1) is 0 Å². The number of hydrogen-bond donors (Lipinski definition) is 2. The summed E-state index contributed by atoms with van der Waals surface area (Å²) < 4.78 is 5.05. The molecule has 0 bridgehead atoms. The van der Waals surface area contributed by atoms with Gasteiger partial charge in [-0.3, -0.25) is 4.99 Å². The standard InChI is InChI=1S/C16H35N3O/c1-5-7-9-12-15(3)19-16(17-6-2)18-13-10-8-11-14-20-4/h15H,5-14H2,1-4H3,(H2,17,18,19). The second kappa shape index (κ2) is 14.6. The van der Waals surface area contributed by atoms with Crippen LogP contribution in [0.15, 0.2) is 4.99 Å². The van der Waals surface area contributed by atoms with Crippen molar-refractivity contribution < 1.29 is 4.74 Å². The van der Waals surface area contributed by atoms with Crippen LogP contribution in [0.2, 0.25) is 0 Å². The second-order valence-electron chi connectivity index (χ2n) is 5.36. The maximum atomic E-state index is 5.05. The lowest BCUT2D eigenvalue weighted by Gasteiger charge is -2.17. The molecule has 0 saturated carbocycles. The Kier molecular flexibility index (Phi) is 14.1. The van der Waals surface area contributed by atoms with Crippen LogP contribution in [0.1, 0.15) is 65.7 Å². The Morgan fingerprint density at radius 2 is 1.90 bits per heavy atom. The van der Waals surface area contributed by atoms with Gasteiger partial charge in [-0.05, 0) is 39.5 Å². The van der Waals surface area contributed by atoms with E-state index in [-0.39, 0.29) is 0 Å². The minimum Gasteiger partial charge on any atom is -0.385 e. The molecule has 0 saturated heterocycles. The molecule has 1 atom stereocenters. The Labute approximate surface area is 125 Å². The van der Waals surface area contributed by atoms with Crippen molar-refractivity contribution in [1.29, 1.82) is 0 Å². The molecular weight excluding hydrogens is 250 g/mol. The van der Waals surface area contributed by atoms with E-state index in [0.717, 1.165) is 38.5 Å². The van der Waals surface area contributed by atoms with Gasteiger partial charge >= 0.3 is 0 Å². The molecule has 20 heavy (non-hydrogen) atoms. The molecule has 1 unspecified atom stereocenters. The van der Waals surface area contributed by atoms with Crippen molar-refractivity contribution in [2.45, 2.75) is 71.8 Å². The van der Waals surface area contributed by atoms with Crippen LogP contribution in [0.3, 0.4) is 0 Å². The van der Waals surface area contributed by atoms with Crippen LogP contribution >= 0.6 is 0 Å². The van der Waals surface area contributed by atoms with Crippen LogP contribution in [0.25, 0.3) is 0 Å². The lowest BCUT2D eigenvalue weighted by Crippen LogP contribution is -2.42. The summed E-state index contributed by atoms with van der Waals surface area (Å²) >= 11 is 0. The molecule has 0 aliphatic carbocycles. The van der Waals surface area contributed by atoms with Crippen molar-refractivity contribution in [3.05, 3.63) is 0 Å². The number of ether oxygens (including phenoxy) is 1. The highest BCUT2D eigenvalue weighted by atomic mass is 16.5. The monoisotopic (exact) mass is 285 g/mol. The Hall–Kier alpha value is -0.770. The molecule has 0 aliphatic heterocycles. The maximum absolute atomic E-state index is 5.05. The minimum atomic E-state index is 0.493. The number of unbranched alkanes of at least 4 members (excludes halogenated alkanes) is 4. The van der Waals surface area contributed by atoms with E-state index in [4.69, 9.17) is 4.74 Å². The molecule has 0 spiro atoms. The summed E-state index contributed by atoms with van der Waals surface area (Å²) in [6.45, 7) is 9.25. The van der Waals surface area contributed by atoms with E-state index in [2.05, 4.69) is 36.4 Å². The fourth-order valence-corrected chi connectivity index (χ4v) is 2.05. The summed E-state index contributed by atoms with van der Waals surface area (Å²) in [6, 6.07) is 0.493. The fourth-order valence-electron chi connectivity index (χ4n) is 2.05. The van der Waals surface area contributed by atoms with Crippen molar-refractivity contribution >= 4 is 5.96 Å². The van der Waals surface area contributed by atoms with Gasteiger partial charge in [-0.1, -0.05) is 26.2 Å². The van der Waals surface area contributed by atoms with E-state index < -0.39 is 0 Å². The first-order valence-corrected chi connectivity index (χ1v) is 8.28. The van der Waals surface area contributed by atoms with Gasteiger partial charge in [0.25, 0.3) is 0 Å². The summed E-state index contributed by atoms with van der Waals surface area (Å²) in [4.78, 5) is 4.63. The lowest BCUT2D eigenvalue weighted by atomic mass is 10.1. The zero-order chi connectivity index (χ0) is 15.1. The number of aliphatic imine (C=N–C) groups is 1. The Morgan fingerprint density at radius 3 is 2.55 bits per heavy atom. The fraction of sp³-hybridized carbons (Fsp3) is 0.938. The average Bonchev–Trinajstić information content (AvgIpc) is 2.43. The van der Waals surface area contributed by atoms with Gasteiger partial charge in [-0.25, -0.2) is 0 Å². The quantitative estimate of drug-likeness (QED) is 0.328.